The Labute approximate surface area is 302 Å². The average molecular weight is 733 g/mol. The Morgan fingerprint density at radius 3 is 2.22 bits per heavy atom. The number of carbonyl (C=O) groups is 3. The van der Waals surface area contributed by atoms with Crippen LogP contribution < -0.4 is 11.2 Å². The summed E-state index contributed by atoms with van der Waals surface area (Å²) in [5.74, 6) is -0.868. The molecule has 51 heavy (non-hydrogen) atoms. The summed E-state index contributed by atoms with van der Waals surface area (Å²) < 4.78 is 41.5. The van der Waals surface area contributed by atoms with Gasteiger partial charge in [-0.2, -0.15) is 13.2 Å². The van der Waals surface area contributed by atoms with Crippen LogP contribution in [0.2, 0.25) is 5.02 Å². The van der Waals surface area contributed by atoms with Gasteiger partial charge in [-0.05, 0) is 56.8 Å². The first-order chi connectivity index (χ1) is 24.4. The molecule has 2 aromatic carbocycles. The maximum Gasteiger partial charge on any atom is 0.418 e. The fourth-order valence-electron chi connectivity index (χ4n) is 7.35. The lowest BCUT2D eigenvalue weighted by molar-refractivity contribution is -0.143. The second kappa shape index (κ2) is 17.1. The third-order valence-corrected chi connectivity index (χ3v) is 10.7. The third-order valence-electron chi connectivity index (χ3n) is 10.4. The SMILES string of the molecule is CN=C(NN(C=O)C1CCN(C(=O)C[C@H](Cc2cc(Cl)c(N)c(C(F)(F)F)c2)C(=O)N2CCC(N3CCN(C)CC3)CC2)CC1)c1ccccc1. The number of nitrogens with two attached hydrogens (primary N) is 1. The first-order valence-corrected chi connectivity index (χ1v) is 17.9. The molecule has 3 amide bonds. The predicted molar refractivity (Wildman–Crippen MR) is 191 cm³/mol. The topological polar surface area (TPSA) is 118 Å². The Kier molecular flexibility index (Phi) is 12.9. The summed E-state index contributed by atoms with van der Waals surface area (Å²) in [5, 5.41) is 1.22. The molecule has 15 heteroatoms. The van der Waals surface area contributed by atoms with E-state index in [0.717, 1.165) is 50.7 Å². The normalized spacial score (nSPS) is 19.5. The van der Waals surface area contributed by atoms with Crippen LogP contribution >= 0.6 is 11.6 Å². The summed E-state index contributed by atoms with van der Waals surface area (Å²) in [4.78, 5) is 52.5. The molecule has 11 nitrogen and oxygen atoms in total. The number of hydrogen-bond acceptors (Lipinski definition) is 7. The average Bonchev–Trinajstić information content (AvgIpc) is 3.13. The first-order valence-electron chi connectivity index (χ1n) is 17.5. The number of piperidine rings is 2. The number of alkyl halides is 3. The minimum Gasteiger partial charge on any atom is -0.397 e. The highest BCUT2D eigenvalue weighted by molar-refractivity contribution is 6.33. The van der Waals surface area contributed by atoms with E-state index in [0.29, 0.717) is 57.3 Å². The first kappa shape index (κ1) is 38.4. The number of amidine groups is 1. The molecule has 0 unspecified atom stereocenters. The summed E-state index contributed by atoms with van der Waals surface area (Å²) in [7, 11) is 3.74. The Morgan fingerprint density at radius 1 is 1.00 bits per heavy atom. The summed E-state index contributed by atoms with van der Waals surface area (Å²) in [6.07, 6.45) is -1.70. The molecule has 0 saturated carbocycles. The number of hydrogen-bond donors (Lipinski definition) is 2. The molecule has 0 radical (unpaired) electrons. The van der Waals surface area contributed by atoms with Crippen LogP contribution in [0.3, 0.4) is 0 Å². The molecule has 0 spiro atoms. The Balaban J connectivity index is 1.26. The zero-order chi connectivity index (χ0) is 36.7. The minimum atomic E-state index is -4.73. The number of rotatable bonds is 10. The quantitative estimate of drug-likeness (QED) is 0.126. The van der Waals surface area contributed by atoms with Crippen molar-refractivity contribution in [1.29, 1.82) is 0 Å². The molecule has 2 aromatic rings. The number of nitrogens with zero attached hydrogens (tertiary/aromatic N) is 6. The highest BCUT2D eigenvalue weighted by Gasteiger charge is 2.37. The van der Waals surface area contributed by atoms with Gasteiger partial charge in [-0.25, -0.2) is 0 Å². The van der Waals surface area contributed by atoms with Gasteiger partial charge in [0.1, 0.15) is 5.84 Å². The van der Waals surface area contributed by atoms with Gasteiger partial charge in [0.25, 0.3) is 0 Å². The smallest absolute Gasteiger partial charge is 0.397 e. The number of benzene rings is 2. The number of nitrogens with one attached hydrogen (secondary N) is 1. The van der Waals surface area contributed by atoms with Gasteiger partial charge in [-0.3, -0.25) is 34.7 Å². The number of nitrogen functional groups attached to an aromatic ring is 1. The number of piperazine rings is 1. The number of anilines is 1. The fourth-order valence-corrected chi connectivity index (χ4v) is 7.60. The van der Waals surface area contributed by atoms with Crippen LogP contribution in [0.5, 0.6) is 0 Å². The summed E-state index contributed by atoms with van der Waals surface area (Å²) in [6, 6.07) is 11.9. The van der Waals surface area contributed by atoms with Gasteiger partial charge in [0, 0.05) is 77.4 Å². The number of likely N-dealkylation sites (N-methyl/N-ethyl adjacent to an activating group) is 1. The van der Waals surface area contributed by atoms with Gasteiger partial charge >= 0.3 is 6.18 Å². The Hall–Kier alpha value is -3.88. The number of halogens is 4. The van der Waals surface area contributed by atoms with Crippen molar-refractivity contribution >= 4 is 41.3 Å². The zero-order valence-corrected chi connectivity index (χ0v) is 30.0. The zero-order valence-electron chi connectivity index (χ0n) is 29.2. The monoisotopic (exact) mass is 732 g/mol. The molecule has 278 valence electrons. The second-order valence-electron chi connectivity index (χ2n) is 13.7. The van der Waals surface area contributed by atoms with Gasteiger partial charge in [0.2, 0.25) is 18.2 Å². The third kappa shape index (κ3) is 9.72. The molecule has 3 aliphatic heterocycles. The van der Waals surface area contributed by atoms with Crippen molar-refractivity contribution in [3.8, 4) is 0 Å². The predicted octanol–water partition coefficient (Wildman–Crippen LogP) is 3.76. The summed E-state index contributed by atoms with van der Waals surface area (Å²) in [6.45, 7) is 5.68. The molecule has 3 saturated heterocycles. The van der Waals surface area contributed by atoms with Crippen LogP contribution in [-0.4, -0.2) is 127 Å². The maximum absolute atomic E-state index is 14.1. The van der Waals surface area contributed by atoms with Crippen LogP contribution in [0.25, 0.3) is 0 Å². The van der Waals surface area contributed by atoms with Crippen LogP contribution in [-0.2, 0) is 27.0 Å². The molecule has 3 aliphatic rings. The molecule has 0 bridgehead atoms. The van der Waals surface area contributed by atoms with Crippen molar-refractivity contribution in [3.05, 3.63) is 64.2 Å². The molecular weight excluding hydrogens is 685 g/mol. The molecule has 0 aromatic heterocycles. The van der Waals surface area contributed by atoms with E-state index in [4.69, 9.17) is 17.3 Å². The van der Waals surface area contributed by atoms with Crippen LogP contribution in [0.4, 0.5) is 18.9 Å². The molecular formula is C36H48ClF3N8O3. The van der Waals surface area contributed by atoms with Gasteiger partial charge in [0.15, 0.2) is 0 Å². The van der Waals surface area contributed by atoms with Crippen molar-refractivity contribution in [2.24, 2.45) is 10.9 Å². The standard InChI is InChI=1S/C36H48ClF3N8O3/c1-42-34(26-6-4-3-5-7-26)43-48(24-49)29-10-12-46(13-11-29)32(50)23-27(20-25-21-30(36(38,39)40)33(41)31(37)22-25)35(51)47-14-8-28(9-15-47)45-18-16-44(2)17-19-45/h3-7,21-22,24,27-29H,8-20,23,41H2,1-2H3,(H,42,43)/t27-/m0/s1. The van der Waals surface area contributed by atoms with Crippen molar-refractivity contribution in [2.75, 3.05) is 72.2 Å². The van der Waals surface area contributed by atoms with E-state index in [1.54, 1.807) is 16.8 Å². The van der Waals surface area contributed by atoms with E-state index in [2.05, 4.69) is 27.3 Å². The summed E-state index contributed by atoms with van der Waals surface area (Å²) in [5.41, 5.74) is 8.17. The largest absolute Gasteiger partial charge is 0.418 e. The Bertz CT molecular complexity index is 1540. The minimum absolute atomic E-state index is 0.0933. The van der Waals surface area contributed by atoms with Crippen LogP contribution in [0, 0.1) is 5.92 Å². The number of carbonyl (C=O) groups excluding carboxylic acids is 3. The van der Waals surface area contributed by atoms with Crippen molar-refractivity contribution < 1.29 is 27.6 Å². The van der Waals surface area contributed by atoms with Crippen molar-refractivity contribution in [2.45, 2.75) is 56.8 Å². The maximum atomic E-state index is 14.1. The summed E-state index contributed by atoms with van der Waals surface area (Å²) >= 11 is 6.15. The molecule has 1 atom stereocenters. The number of likely N-dealkylation sites (tertiary alicyclic amines) is 2. The van der Waals surface area contributed by atoms with E-state index in [9.17, 15) is 27.6 Å². The van der Waals surface area contributed by atoms with Crippen molar-refractivity contribution in [1.82, 2.24) is 30.0 Å². The highest BCUT2D eigenvalue weighted by Crippen LogP contribution is 2.38. The molecule has 5 rings (SSSR count). The molecule has 3 fully saturated rings. The highest BCUT2D eigenvalue weighted by atomic mass is 35.5. The van der Waals surface area contributed by atoms with E-state index in [-0.39, 0.29) is 41.3 Å². The number of hydrazine groups is 1. The number of amides is 3. The van der Waals surface area contributed by atoms with Crippen molar-refractivity contribution in [3.63, 3.8) is 0 Å². The van der Waals surface area contributed by atoms with E-state index < -0.39 is 23.3 Å². The van der Waals surface area contributed by atoms with E-state index in [1.807, 2.05) is 30.3 Å². The van der Waals surface area contributed by atoms with E-state index in [1.165, 1.54) is 11.1 Å². The van der Waals surface area contributed by atoms with E-state index >= 15 is 0 Å². The molecule has 3 N–H and O–H groups in total. The van der Waals surface area contributed by atoms with Gasteiger partial charge in [-0.15, -0.1) is 0 Å². The molecule has 0 aliphatic carbocycles. The lowest BCUT2D eigenvalue weighted by Crippen LogP contribution is -2.54. The van der Waals surface area contributed by atoms with Gasteiger partial charge in [-0.1, -0.05) is 41.9 Å². The second-order valence-corrected chi connectivity index (χ2v) is 14.1. The number of aliphatic imine (C=N–C) groups is 1. The Morgan fingerprint density at radius 2 is 1.63 bits per heavy atom. The van der Waals surface area contributed by atoms with Gasteiger partial charge in [0.05, 0.1) is 28.2 Å². The van der Waals surface area contributed by atoms with Gasteiger partial charge < -0.3 is 20.4 Å². The molecule has 3 heterocycles. The van der Waals surface area contributed by atoms with Crippen LogP contribution in [0.1, 0.15) is 48.8 Å². The van der Waals surface area contributed by atoms with Crippen LogP contribution in [0.15, 0.2) is 47.5 Å². The fraction of sp³-hybridized carbons (Fsp3) is 0.556. The lowest BCUT2D eigenvalue weighted by Gasteiger charge is -2.42. The lowest BCUT2D eigenvalue weighted by atomic mass is 9.91.